The lowest BCUT2D eigenvalue weighted by Gasteiger charge is -2.27. The first-order chi connectivity index (χ1) is 17.0. The number of pyridine rings is 1. The van der Waals surface area contributed by atoms with E-state index < -0.39 is 0 Å². The number of nitrogens with one attached hydrogen (secondary N) is 1. The van der Waals surface area contributed by atoms with E-state index in [4.69, 9.17) is 9.47 Å². The summed E-state index contributed by atoms with van der Waals surface area (Å²) in [6, 6.07) is 18.4. The first-order valence-corrected chi connectivity index (χ1v) is 11.5. The van der Waals surface area contributed by atoms with Gasteiger partial charge in [0.15, 0.2) is 0 Å². The Hall–Kier alpha value is -4.11. The quantitative estimate of drug-likeness (QED) is 0.462. The lowest BCUT2D eigenvalue weighted by molar-refractivity contribution is -0.135. The second kappa shape index (κ2) is 9.63. The average molecular weight is 475 g/mol. The van der Waals surface area contributed by atoms with Crippen LogP contribution in [0, 0.1) is 6.92 Å². The van der Waals surface area contributed by atoms with Gasteiger partial charge in [-0.1, -0.05) is 30.3 Å². The number of hydrogen-bond donors (Lipinski definition) is 1. The van der Waals surface area contributed by atoms with Gasteiger partial charge < -0.3 is 18.9 Å². The summed E-state index contributed by atoms with van der Waals surface area (Å²) in [6.07, 6.45) is 0. The van der Waals surface area contributed by atoms with Crippen LogP contribution in [0.2, 0.25) is 0 Å². The van der Waals surface area contributed by atoms with E-state index in [1.54, 1.807) is 36.1 Å². The molecule has 0 atom stereocenters. The van der Waals surface area contributed by atoms with Crippen molar-refractivity contribution in [1.29, 1.82) is 0 Å². The molecule has 0 radical (unpaired) electrons. The highest BCUT2D eigenvalue weighted by Crippen LogP contribution is 2.18. The Labute approximate surface area is 201 Å². The zero-order chi connectivity index (χ0) is 24.4. The maximum Gasteiger partial charge on any atom is 0.280 e. The summed E-state index contributed by atoms with van der Waals surface area (Å²) in [5.41, 5.74) is 1.93. The van der Waals surface area contributed by atoms with Gasteiger partial charge in [-0.25, -0.2) is 4.68 Å². The summed E-state index contributed by atoms with van der Waals surface area (Å²) in [7, 11) is 0. The number of rotatable bonds is 6. The van der Waals surface area contributed by atoms with Crippen LogP contribution < -0.4 is 15.9 Å². The Bertz CT molecular complexity index is 1460. The largest absolute Gasteiger partial charge is 0.489 e. The van der Waals surface area contributed by atoms with Gasteiger partial charge in [-0.15, -0.1) is 0 Å². The van der Waals surface area contributed by atoms with Crippen molar-refractivity contribution >= 4 is 16.8 Å². The van der Waals surface area contributed by atoms with E-state index in [1.165, 1.54) is 15.3 Å². The predicted octanol–water partition coefficient (Wildman–Crippen LogP) is 2.23. The Morgan fingerprint density at radius 1 is 1.03 bits per heavy atom. The zero-order valence-electron chi connectivity index (χ0n) is 19.4. The molecule has 0 saturated carbocycles. The minimum Gasteiger partial charge on any atom is -0.489 e. The van der Waals surface area contributed by atoms with E-state index in [1.807, 2.05) is 30.3 Å². The smallest absolute Gasteiger partial charge is 0.280 e. The lowest BCUT2D eigenvalue weighted by atomic mass is 10.2. The van der Waals surface area contributed by atoms with Crippen LogP contribution in [0.25, 0.3) is 16.6 Å². The molecule has 35 heavy (non-hydrogen) atoms. The average Bonchev–Trinajstić information content (AvgIpc) is 3.22. The van der Waals surface area contributed by atoms with E-state index in [0.717, 1.165) is 5.56 Å². The molecule has 1 aliphatic rings. The highest BCUT2D eigenvalue weighted by molar-refractivity contribution is 5.82. The van der Waals surface area contributed by atoms with Crippen LogP contribution in [0.15, 0.2) is 70.3 Å². The lowest BCUT2D eigenvalue weighted by Crippen LogP contribution is -2.43. The summed E-state index contributed by atoms with van der Waals surface area (Å²) in [4.78, 5) is 40.4. The number of ether oxygens (including phenoxy) is 2. The number of aryl methyl sites for hydroxylation is 1. The van der Waals surface area contributed by atoms with Gasteiger partial charge in [-0.2, -0.15) is 0 Å². The molecule has 0 aliphatic carbocycles. The number of aromatic nitrogens is 3. The summed E-state index contributed by atoms with van der Waals surface area (Å²) < 4.78 is 13.9. The van der Waals surface area contributed by atoms with Crippen LogP contribution in [0.5, 0.6) is 5.75 Å². The second-order valence-electron chi connectivity index (χ2n) is 8.46. The maximum atomic E-state index is 13.3. The van der Waals surface area contributed by atoms with Crippen LogP contribution in [-0.2, 0) is 22.7 Å². The van der Waals surface area contributed by atoms with Crippen LogP contribution in [-0.4, -0.2) is 51.5 Å². The highest BCUT2D eigenvalue weighted by Gasteiger charge is 2.21. The van der Waals surface area contributed by atoms with Gasteiger partial charge in [0.1, 0.15) is 18.9 Å². The third kappa shape index (κ3) is 4.63. The molecule has 0 unspecified atom stereocenters. The predicted molar refractivity (Wildman–Crippen MR) is 131 cm³/mol. The summed E-state index contributed by atoms with van der Waals surface area (Å²) in [6.45, 7) is 3.98. The normalized spacial score (nSPS) is 13.8. The molecule has 9 heteroatoms. The van der Waals surface area contributed by atoms with E-state index in [0.29, 0.717) is 60.9 Å². The number of morpholine rings is 1. The summed E-state index contributed by atoms with van der Waals surface area (Å²) in [5.74, 6) is 0.513. The van der Waals surface area contributed by atoms with Crippen molar-refractivity contribution in [3.8, 4) is 11.4 Å². The number of carbonyl (C=O) groups is 1. The first-order valence-electron chi connectivity index (χ1n) is 11.5. The number of carbonyl (C=O) groups excluding carboxylic acids is 1. The molecule has 2 aromatic heterocycles. The number of benzene rings is 2. The fourth-order valence-electron chi connectivity index (χ4n) is 4.27. The van der Waals surface area contributed by atoms with Gasteiger partial charge in [0, 0.05) is 24.8 Å². The molecule has 1 fully saturated rings. The van der Waals surface area contributed by atoms with Crippen molar-refractivity contribution in [2.24, 2.45) is 0 Å². The van der Waals surface area contributed by atoms with Gasteiger partial charge in [-0.3, -0.25) is 19.5 Å². The molecule has 1 saturated heterocycles. The van der Waals surface area contributed by atoms with E-state index in [-0.39, 0.29) is 23.6 Å². The van der Waals surface area contributed by atoms with Crippen molar-refractivity contribution < 1.29 is 14.3 Å². The molecule has 2 aromatic carbocycles. The van der Waals surface area contributed by atoms with E-state index in [9.17, 15) is 14.4 Å². The fourth-order valence-corrected chi connectivity index (χ4v) is 4.27. The van der Waals surface area contributed by atoms with E-state index in [2.05, 4.69) is 5.10 Å². The molecule has 1 amide bonds. The molecule has 1 aliphatic heterocycles. The number of hydrogen-bond acceptors (Lipinski definition) is 5. The Morgan fingerprint density at radius 3 is 2.46 bits per heavy atom. The van der Waals surface area contributed by atoms with Crippen LogP contribution in [0.3, 0.4) is 0 Å². The van der Waals surface area contributed by atoms with Gasteiger partial charge in [0.25, 0.3) is 11.1 Å². The monoisotopic (exact) mass is 474 g/mol. The molecular weight excluding hydrogens is 448 g/mol. The molecule has 9 nitrogen and oxygen atoms in total. The maximum absolute atomic E-state index is 13.3. The molecule has 5 rings (SSSR count). The standard InChI is InChI=1S/C26H26N4O5/c1-18-25-22(15-23(31)29(18)16-24(32)28-11-13-34-14-12-28)27-30(26(25)33)20-7-9-21(10-8-20)35-17-19-5-3-2-4-6-19/h2-10,15,27H,11-14,16-17H2,1H3. The van der Waals surface area contributed by atoms with Crippen LogP contribution in [0.4, 0.5) is 0 Å². The third-order valence-electron chi connectivity index (χ3n) is 6.22. The Morgan fingerprint density at radius 2 is 1.74 bits per heavy atom. The first kappa shape index (κ1) is 22.7. The number of fused-ring (bicyclic) bond motifs is 1. The van der Waals surface area contributed by atoms with Crippen molar-refractivity contribution in [3.05, 3.63) is 92.6 Å². The van der Waals surface area contributed by atoms with Gasteiger partial charge in [-0.05, 0) is 36.8 Å². The molecule has 180 valence electrons. The molecule has 0 bridgehead atoms. The minimum atomic E-state index is -0.338. The Balaban J connectivity index is 1.40. The van der Waals surface area contributed by atoms with Crippen LogP contribution >= 0.6 is 0 Å². The molecule has 1 N–H and O–H groups in total. The van der Waals surface area contributed by atoms with Gasteiger partial charge in [0.2, 0.25) is 5.91 Å². The van der Waals surface area contributed by atoms with E-state index >= 15 is 0 Å². The van der Waals surface area contributed by atoms with Crippen molar-refractivity contribution in [3.63, 3.8) is 0 Å². The summed E-state index contributed by atoms with van der Waals surface area (Å²) in [5, 5.41) is 3.40. The van der Waals surface area contributed by atoms with Crippen molar-refractivity contribution in [1.82, 2.24) is 19.2 Å². The molecule has 4 aromatic rings. The number of aromatic amines is 1. The van der Waals surface area contributed by atoms with Crippen molar-refractivity contribution in [2.45, 2.75) is 20.1 Å². The highest BCUT2D eigenvalue weighted by atomic mass is 16.5. The number of amides is 1. The second-order valence-corrected chi connectivity index (χ2v) is 8.46. The Kier molecular flexibility index (Phi) is 6.24. The minimum absolute atomic E-state index is 0.112. The zero-order valence-corrected chi connectivity index (χ0v) is 19.4. The SMILES string of the molecule is Cc1c2c(=O)n(-c3ccc(OCc4ccccc4)cc3)[nH]c2cc(=O)n1CC(=O)N1CCOCC1. The third-order valence-corrected chi connectivity index (χ3v) is 6.22. The molecular formula is C26H26N4O5. The van der Waals surface area contributed by atoms with Crippen LogP contribution in [0.1, 0.15) is 11.3 Å². The van der Waals surface area contributed by atoms with Crippen molar-refractivity contribution in [2.75, 3.05) is 26.3 Å². The number of H-pyrrole nitrogens is 1. The molecule has 0 spiro atoms. The molecule has 3 heterocycles. The number of nitrogens with zero attached hydrogens (tertiary/aromatic N) is 3. The van der Waals surface area contributed by atoms with Gasteiger partial charge >= 0.3 is 0 Å². The van der Waals surface area contributed by atoms with Gasteiger partial charge in [0.05, 0.1) is 29.8 Å². The fraction of sp³-hybridized carbons (Fsp3) is 0.269. The topological polar surface area (TPSA) is 98.6 Å². The summed E-state index contributed by atoms with van der Waals surface area (Å²) >= 11 is 0.